The van der Waals surface area contributed by atoms with Crippen LogP contribution in [0.1, 0.15) is 5.69 Å². The van der Waals surface area contributed by atoms with Gasteiger partial charge in [-0.1, -0.05) is 11.6 Å². The molecular formula is C6H4Br2ClN. The largest absolute Gasteiger partial charge is 0.259 e. The maximum absolute atomic E-state index is 5.84. The first kappa shape index (κ1) is 8.50. The van der Waals surface area contributed by atoms with Gasteiger partial charge in [0.1, 0.15) is 0 Å². The molecule has 0 spiro atoms. The number of aromatic nitrogens is 1. The molecule has 0 saturated heterocycles. The van der Waals surface area contributed by atoms with Gasteiger partial charge in [-0.3, -0.25) is 4.98 Å². The van der Waals surface area contributed by atoms with Gasteiger partial charge in [-0.25, -0.2) is 0 Å². The molecule has 0 bridgehead atoms. The zero-order valence-corrected chi connectivity index (χ0v) is 9.09. The van der Waals surface area contributed by atoms with E-state index in [4.69, 9.17) is 11.6 Å². The summed E-state index contributed by atoms with van der Waals surface area (Å²) in [5, 5.41) is 0.661. The third-order valence-corrected chi connectivity index (χ3v) is 3.74. The molecule has 0 aliphatic carbocycles. The molecule has 0 atom stereocenters. The smallest absolute Gasteiger partial charge is 0.0772 e. The highest BCUT2D eigenvalue weighted by molar-refractivity contribution is 9.13. The van der Waals surface area contributed by atoms with Crippen molar-refractivity contribution in [3.05, 3.63) is 25.9 Å². The van der Waals surface area contributed by atoms with Crippen LogP contribution in [0.15, 0.2) is 15.1 Å². The molecule has 1 heterocycles. The Morgan fingerprint density at radius 2 is 2.10 bits per heavy atom. The van der Waals surface area contributed by atoms with E-state index in [1.54, 1.807) is 6.20 Å². The van der Waals surface area contributed by atoms with Crippen LogP contribution in [-0.2, 0) is 0 Å². The number of hydrogen-bond donors (Lipinski definition) is 0. The zero-order valence-electron chi connectivity index (χ0n) is 5.16. The van der Waals surface area contributed by atoms with Crippen molar-refractivity contribution in [2.24, 2.45) is 0 Å². The fraction of sp³-hybridized carbons (Fsp3) is 0.167. The van der Waals surface area contributed by atoms with Gasteiger partial charge in [0.15, 0.2) is 0 Å². The second-order valence-electron chi connectivity index (χ2n) is 1.82. The molecule has 0 N–H and O–H groups in total. The van der Waals surface area contributed by atoms with Gasteiger partial charge in [0.05, 0.1) is 19.7 Å². The molecule has 0 saturated carbocycles. The molecule has 1 rings (SSSR count). The molecule has 0 aromatic carbocycles. The third kappa shape index (κ3) is 1.52. The predicted molar refractivity (Wildman–Crippen MR) is 49.4 cm³/mol. The Labute approximate surface area is 81.1 Å². The summed E-state index contributed by atoms with van der Waals surface area (Å²) >= 11 is 12.4. The van der Waals surface area contributed by atoms with Gasteiger partial charge in [0, 0.05) is 6.20 Å². The lowest BCUT2D eigenvalue weighted by Crippen LogP contribution is -1.83. The van der Waals surface area contributed by atoms with Crippen LogP contribution in [0.2, 0.25) is 5.02 Å². The molecule has 0 unspecified atom stereocenters. The van der Waals surface area contributed by atoms with Crippen molar-refractivity contribution in [2.75, 3.05) is 0 Å². The normalized spacial score (nSPS) is 10.0. The summed E-state index contributed by atoms with van der Waals surface area (Å²) in [6.45, 7) is 1.86. The second-order valence-corrected chi connectivity index (χ2v) is 3.84. The number of aryl methyl sites for hydroxylation is 1. The highest BCUT2D eigenvalue weighted by atomic mass is 79.9. The van der Waals surface area contributed by atoms with Crippen molar-refractivity contribution >= 4 is 43.5 Å². The van der Waals surface area contributed by atoms with E-state index in [1.807, 2.05) is 6.92 Å². The lowest BCUT2D eigenvalue weighted by atomic mass is 10.4. The van der Waals surface area contributed by atoms with Gasteiger partial charge in [-0.2, -0.15) is 0 Å². The fourth-order valence-corrected chi connectivity index (χ4v) is 1.49. The van der Waals surface area contributed by atoms with Gasteiger partial charge in [-0.05, 0) is 38.8 Å². The van der Waals surface area contributed by atoms with E-state index in [-0.39, 0.29) is 0 Å². The Morgan fingerprint density at radius 3 is 2.60 bits per heavy atom. The lowest BCUT2D eigenvalue weighted by Gasteiger charge is -2.00. The molecule has 1 aromatic heterocycles. The molecule has 0 fully saturated rings. The summed E-state index contributed by atoms with van der Waals surface area (Å²) in [7, 11) is 0. The van der Waals surface area contributed by atoms with E-state index < -0.39 is 0 Å². The van der Waals surface area contributed by atoms with E-state index in [0.29, 0.717) is 5.02 Å². The first-order valence-corrected chi connectivity index (χ1v) is 4.55. The molecule has 0 aliphatic rings. The molecule has 1 aromatic rings. The lowest BCUT2D eigenvalue weighted by molar-refractivity contribution is 1.18. The quantitative estimate of drug-likeness (QED) is 0.710. The average molecular weight is 285 g/mol. The Kier molecular flexibility index (Phi) is 2.72. The van der Waals surface area contributed by atoms with Crippen LogP contribution >= 0.6 is 43.5 Å². The van der Waals surface area contributed by atoms with Crippen molar-refractivity contribution in [1.29, 1.82) is 0 Å². The van der Waals surface area contributed by atoms with E-state index in [0.717, 1.165) is 14.6 Å². The first-order chi connectivity index (χ1) is 4.63. The minimum absolute atomic E-state index is 0.661. The average Bonchev–Trinajstić information content (AvgIpc) is 1.93. The summed E-state index contributed by atoms with van der Waals surface area (Å²) in [5.74, 6) is 0. The van der Waals surface area contributed by atoms with Gasteiger partial charge in [0.2, 0.25) is 0 Å². The van der Waals surface area contributed by atoms with Gasteiger partial charge in [-0.15, -0.1) is 0 Å². The summed E-state index contributed by atoms with van der Waals surface area (Å²) in [5.41, 5.74) is 0.830. The van der Waals surface area contributed by atoms with Crippen molar-refractivity contribution in [3.63, 3.8) is 0 Å². The Morgan fingerprint density at radius 1 is 1.50 bits per heavy atom. The maximum atomic E-state index is 5.84. The standard InChI is InChI=1S/C6H4Br2ClN/c1-3-6(9)5(8)4(7)2-10-3/h2H,1H3. The zero-order chi connectivity index (χ0) is 7.72. The van der Waals surface area contributed by atoms with Crippen LogP contribution in [0, 0.1) is 6.92 Å². The van der Waals surface area contributed by atoms with Crippen molar-refractivity contribution < 1.29 is 0 Å². The molecule has 4 heteroatoms. The van der Waals surface area contributed by atoms with Gasteiger partial charge >= 0.3 is 0 Å². The summed E-state index contributed by atoms with van der Waals surface area (Å²) in [4.78, 5) is 4.03. The van der Waals surface area contributed by atoms with Crippen LogP contribution in [0.3, 0.4) is 0 Å². The maximum Gasteiger partial charge on any atom is 0.0772 e. The fourth-order valence-electron chi connectivity index (χ4n) is 0.531. The van der Waals surface area contributed by atoms with Crippen LogP contribution in [0.5, 0.6) is 0 Å². The van der Waals surface area contributed by atoms with E-state index in [1.165, 1.54) is 0 Å². The Balaban J connectivity index is 3.34. The molecule has 0 amide bonds. The Bertz CT molecular complexity index is 235. The first-order valence-electron chi connectivity index (χ1n) is 2.59. The van der Waals surface area contributed by atoms with Crippen LogP contribution < -0.4 is 0 Å². The molecule has 1 nitrogen and oxygen atoms in total. The van der Waals surface area contributed by atoms with Gasteiger partial charge < -0.3 is 0 Å². The number of halogens is 3. The molecular weight excluding hydrogens is 281 g/mol. The Hall–Kier alpha value is 0.400. The SMILES string of the molecule is Cc1ncc(Br)c(Br)c1Cl. The van der Waals surface area contributed by atoms with Crippen molar-refractivity contribution in [3.8, 4) is 0 Å². The van der Waals surface area contributed by atoms with Crippen LogP contribution in [0.4, 0.5) is 0 Å². The summed E-state index contributed by atoms with van der Waals surface area (Å²) in [6.07, 6.45) is 1.71. The van der Waals surface area contributed by atoms with Crippen LogP contribution in [-0.4, -0.2) is 4.98 Å². The highest BCUT2D eigenvalue weighted by Crippen LogP contribution is 2.30. The molecule has 54 valence electrons. The number of pyridine rings is 1. The topological polar surface area (TPSA) is 12.9 Å². The summed E-state index contributed by atoms with van der Waals surface area (Å²) in [6, 6.07) is 0. The predicted octanol–water partition coefficient (Wildman–Crippen LogP) is 3.57. The number of nitrogens with zero attached hydrogens (tertiary/aromatic N) is 1. The van der Waals surface area contributed by atoms with Gasteiger partial charge in [0.25, 0.3) is 0 Å². The van der Waals surface area contributed by atoms with E-state index in [2.05, 4.69) is 36.8 Å². The van der Waals surface area contributed by atoms with Crippen molar-refractivity contribution in [2.45, 2.75) is 6.92 Å². The molecule has 10 heavy (non-hydrogen) atoms. The summed E-state index contributed by atoms with van der Waals surface area (Å²) < 4.78 is 1.74. The van der Waals surface area contributed by atoms with Crippen molar-refractivity contribution in [1.82, 2.24) is 4.98 Å². The van der Waals surface area contributed by atoms with E-state index >= 15 is 0 Å². The monoisotopic (exact) mass is 283 g/mol. The van der Waals surface area contributed by atoms with E-state index in [9.17, 15) is 0 Å². The highest BCUT2D eigenvalue weighted by Gasteiger charge is 2.04. The minimum Gasteiger partial charge on any atom is -0.259 e. The third-order valence-electron chi connectivity index (χ3n) is 1.09. The number of rotatable bonds is 0. The van der Waals surface area contributed by atoms with Crippen LogP contribution in [0.25, 0.3) is 0 Å². The molecule has 0 aliphatic heterocycles. The second kappa shape index (κ2) is 3.20. The molecule has 0 radical (unpaired) electrons. The minimum atomic E-state index is 0.661. The number of hydrogen-bond acceptors (Lipinski definition) is 1.